The molecule has 6 heteroatoms. The van der Waals surface area contributed by atoms with Crippen LogP contribution in [0.25, 0.3) is 0 Å². The molecule has 2 aromatic rings. The van der Waals surface area contributed by atoms with Gasteiger partial charge in [-0.15, -0.1) is 0 Å². The van der Waals surface area contributed by atoms with Gasteiger partial charge in [-0.3, -0.25) is 4.79 Å². The molecule has 23 heavy (non-hydrogen) atoms. The number of hydrogen-bond donors (Lipinski definition) is 0. The largest absolute Gasteiger partial charge is 0.469 e. The third-order valence-electron chi connectivity index (χ3n) is 4.14. The van der Waals surface area contributed by atoms with Crippen molar-refractivity contribution in [3.63, 3.8) is 0 Å². The van der Waals surface area contributed by atoms with Crippen molar-refractivity contribution in [1.29, 1.82) is 0 Å². The highest BCUT2D eigenvalue weighted by Crippen LogP contribution is 2.31. The number of sulfone groups is 1. The van der Waals surface area contributed by atoms with E-state index in [1.165, 1.54) is 12.5 Å². The molecule has 0 saturated heterocycles. The Morgan fingerprint density at radius 3 is 2.78 bits per heavy atom. The average molecular weight is 333 g/mol. The lowest BCUT2D eigenvalue weighted by Crippen LogP contribution is -2.35. The standard InChI is InChI=1S/C17H19NO4S/c1-3-16-14(8-10-22-16)17(19)18-9-4-5-12-11-13(23(2,20)21)6-7-15(12)18/h6-8,10-11H,3-5,9H2,1-2H3. The van der Waals surface area contributed by atoms with Gasteiger partial charge in [0.25, 0.3) is 5.91 Å². The molecule has 0 N–H and O–H groups in total. The molecule has 1 aromatic heterocycles. The molecule has 0 saturated carbocycles. The molecule has 0 bridgehead atoms. The summed E-state index contributed by atoms with van der Waals surface area (Å²) in [5, 5.41) is 0. The van der Waals surface area contributed by atoms with E-state index in [1.54, 1.807) is 29.2 Å². The van der Waals surface area contributed by atoms with E-state index in [9.17, 15) is 13.2 Å². The van der Waals surface area contributed by atoms with Crippen LogP contribution in [-0.2, 0) is 22.7 Å². The predicted molar refractivity (Wildman–Crippen MR) is 87.6 cm³/mol. The van der Waals surface area contributed by atoms with Crippen molar-refractivity contribution < 1.29 is 17.6 Å². The Hall–Kier alpha value is -2.08. The third-order valence-corrected chi connectivity index (χ3v) is 5.25. The highest BCUT2D eigenvalue weighted by molar-refractivity contribution is 7.90. The summed E-state index contributed by atoms with van der Waals surface area (Å²) < 4.78 is 28.8. The fourth-order valence-electron chi connectivity index (χ4n) is 2.97. The number of amides is 1. The minimum Gasteiger partial charge on any atom is -0.469 e. The van der Waals surface area contributed by atoms with E-state index in [0.717, 1.165) is 24.1 Å². The number of fused-ring (bicyclic) bond motifs is 1. The van der Waals surface area contributed by atoms with Gasteiger partial charge in [-0.25, -0.2) is 8.42 Å². The number of carbonyl (C=O) groups excluding carboxylic acids is 1. The molecule has 1 aliphatic heterocycles. The first-order valence-corrected chi connectivity index (χ1v) is 9.52. The number of aryl methyl sites for hydroxylation is 2. The molecule has 0 spiro atoms. The molecule has 0 aliphatic carbocycles. The van der Waals surface area contributed by atoms with E-state index < -0.39 is 9.84 Å². The highest BCUT2D eigenvalue weighted by Gasteiger charge is 2.26. The minimum atomic E-state index is -3.25. The van der Waals surface area contributed by atoms with Crippen LogP contribution in [0.1, 0.15) is 35.0 Å². The van der Waals surface area contributed by atoms with Crippen LogP contribution in [0.2, 0.25) is 0 Å². The maximum atomic E-state index is 12.8. The zero-order chi connectivity index (χ0) is 16.6. The molecule has 0 atom stereocenters. The van der Waals surface area contributed by atoms with Gasteiger partial charge in [0.2, 0.25) is 0 Å². The van der Waals surface area contributed by atoms with Gasteiger partial charge in [0, 0.05) is 24.9 Å². The normalized spacial score (nSPS) is 14.6. The van der Waals surface area contributed by atoms with Crippen LogP contribution in [0.3, 0.4) is 0 Å². The van der Waals surface area contributed by atoms with Crippen molar-refractivity contribution in [2.75, 3.05) is 17.7 Å². The van der Waals surface area contributed by atoms with Gasteiger partial charge in [-0.2, -0.15) is 0 Å². The van der Waals surface area contributed by atoms with Gasteiger partial charge in [0.15, 0.2) is 9.84 Å². The van der Waals surface area contributed by atoms with E-state index in [0.29, 0.717) is 29.2 Å². The molecular weight excluding hydrogens is 314 g/mol. The van der Waals surface area contributed by atoms with Crippen LogP contribution in [0.4, 0.5) is 5.69 Å². The van der Waals surface area contributed by atoms with Crippen LogP contribution in [-0.4, -0.2) is 27.1 Å². The summed E-state index contributed by atoms with van der Waals surface area (Å²) in [6, 6.07) is 6.67. The molecule has 1 aliphatic rings. The molecular formula is C17H19NO4S. The molecule has 1 amide bonds. The van der Waals surface area contributed by atoms with Gasteiger partial charge in [0.1, 0.15) is 5.76 Å². The average Bonchev–Trinajstić information content (AvgIpc) is 3.00. The predicted octanol–water partition coefficient (Wildman–Crippen LogP) is 2.84. The quantitative estimate of drug-likeness (QED) is 0.866. The van der Waals surface area contributed by atoms with Crippen molar-refractivity contribution in [3.05, 3.63) is 47.4 Å². The summed E-state index contributed by atoms with van der Waals surface area (Å²) in [4.78, 5) is 14.8. The fraction of sp³-hybridized carbons (Fsp3) is 0.353. The van der Waals surface area contributed by atoms with Crippen LogP contribution in [0.5, 0.6) is 0 Å². The van der Waals surface area contributed by atoms with E-state index in [4.69, 9.17) is 4.42 Å². The number of rotatable bonds is 3. The SMILES string of the molecule is CCc1occc1C(=O)N1CCCc2cc(S(C)(=O)=O)ccc21. The molecule has 0 fully saturated rings. The van der Waals surface area contributed by atoms with Crippen molar-refractivity contribution in [1.82, 2.24) is 0 Å². The van der Waals surface area contributed by atoms with Gasteiger partial charge in [0.05, 0.1) is 16.7 Å². The number of nitrogens with zero attached hydrogens (tertiary/aromatic N) is 1. The van der Waals surface area contributed by atoms with E-state index in [2.05, 4.69) is 0 Å². The zero-order valence-electron chi connectivity index (χ0n) is 13.2. The molecule has 1 aromatic carbocycles. The Kier molecular flexibility index (Phi) is 4.02. The van der Waals surface area contributed by atoms with E-state index >= 15 is 0 Å². The zero-order valence-corrected chi connectivity index (χ0v) is 14.0. The monoisotopic (exact) mass is 333 g/mol. The first-order chi connectivity index (χ1) is 10.9. The Morgan fingerprint density at radius 2 is 2.09 bits per heavy atom. The number of carbonyl (C=O) groups is 1. The number of furan rings is 1. The van der Waals surface area contributed by atoms with Gasteiger partial charge < -0.3 is 9.32 Å². The first kappa shape index (κ1) is 15.8. The Bertz CT molecular complexity index is 851. The topological polar surface area (TPSA) is 67.6 Å². The van der Waals surface area contributed by atoms with Gasteiger partial charge in [-0.1, -0.05) is 6.92 Å². The summed E-state index contributed by atoms with van der Waals surface area (Å²) in [7, 11) is -3.25. The smallest absolute Gasteiger partial charge is 0.261 e. The summed E-state index contributed by atoms with van der Waals surface area (Å²) in [5.74, 6) is 0.582. The Labute approximate surface area is 135 Å². The van der Waals surface area contributed by atoms with Crippen molar-refractivity contribution in [2.24, 2.45) is 0 Å². The van der Waals surface area contributed by atoms with Gasteiger partial charge >= 0.3 is 0 Å². The third kappa shape index (κ3) is 2.91. The molecule has 122 valence electrons. The summed E-state index contributed by atoms with van der Waals surface area (Å²) in [6.45, 7) is 2.57. The minimum absolute atomic E-state index is 0.0938. The number of benzene rings is 1. The summed E-state index contributed by atoms with van der Waals surface area (Å²) in [5.41, 5.74) is 2.26. The molecule has 5 nitrogen and oxygen atoms in total. The second kappa shape index (κ2) is 5.85. The molecule has 0 radical (unpaired) electrons. The summed E-state index contributed by atoms with van der Waals surface area (Å²) in [6.07, 6.45) is 4.96. The lowest BCUT2D eigenvalue weighted by atomic mass is 10.0. The number of anilines is 1. The van der Waals surface area contributed by atoms with Crippen molar-refractivity contribution >= 4 is 21.4 Å². The second-order valence-electron chi connectivity index (χ2n) is 5.73. The van der Waals surface area contributed by atoms with Crippen LogP contribution in [0.15, 0.2) is 39.8 Å². The Morgan fingerprint density at radius 1 is 1.30 bits per heavy atom. The molecule has 0 unspecified atom stereocenters. The first-order valence-electron chi connectivity index (χ1n) is 7.63. The van der Waals surface area contributed by atoms with Crippen molar-refractivity contribution in [2.45, 2.75) is 31.1 Å². The Balaban J connectivity index is 2.01. The fourth-order valence-corrected chi connectivity index (χ4v) is 3.64. The van der Waals surface area contributed by atoms with Gasteiger partial charge in [-0.05, 0) is 42.7 Å². The maximum absolute atomic E-state index is 12.8. The van der Waals surface area contributed by atoms with Crippen LogP contribution < -0.4 is 4.90 Å². The van der Waals surface area contributed by atoms with Crippen molar-refractivity contribution in [3.8, 4) is 0 Å². The number of hydrogen-bond acceptors (Lipinski definition) is 4. The van der Waals surface area contributed by atoms with Crippen LogP contribution >= 0.6 is 0 Å². The molecule has 3 rings (SSSR count). The maximum Gasteiger partial charge on any atom is 0.261 e. The highest BCUT2D eigenvalue weighted by atomic mass is 32.2. The van der Waals surface area contributed by atoms with E-state index in [-0.39, 0.29) is 5.91 Å². The van der Waals surface area contributed by atoms with Crippen LogP contribution in [0, 0.1) is 0 Å². The van der Waals surface area contributed by atoms with E-state index in [1.807, 2.05) is 6.92 Å². The molecule has 2 heterocycles. The summed E-state index contributed by atoms with van der Waals surface area (Å²) >= 11 is 0. The second-order valence-corrected chi connectivity index (χ2v) is 7.75. The lowest BCUT2D eigenvalue weighted by Gasteiger charge is -2.29. The lowest BCUT2D eigenvalue weighted by molar-refractivity contribution is 0.0983.